The molecule has 39 heavy (non-hydrogen) atoms. The second-order valence-corrected chi connectivity index (χ2v) is 11.1. The molecular formula is C37H62O2. The highest BCUT2D eigenvalue weighted by Crippen LogP contribution is 2.37. The highest BCUT2D eigenvalue weighted by Gasteiger charge is 2.42. The van der Waals surface area contributed by atoms with Gasteiger partial charge in [0.1, 0.15) is 0 Å². The fourth-order valence-corrected chi connectivity index (χ4v) is 4.77. The van der Waals surface area contributed by atoms with Gasteiger partial charge in [-0.1, -0.05) is 112 Å². The predicted molar refractivity (Wildman–Crippen MR) is 173 cm³/mol. The minimum atomic E-state index is -0.368. The zero-order valence-electron chi connectivity index (χ0n) is 26.1. The van der Waals surface area contributed by atoms with Crippen LogP contribution in [0.15, 0.2) is 72.9 Å². The molecule has 2 nitrogen and oxygen atoms in total. The summed E-state index contributed by atoms with van der Waals surface area (Å²) in [5.74, 6) is -0.368. The smallest absolute Gasteiger partial charge is 0.169 e. The molecule has 2 atom stereocenters. The van der Waals surface area contributed by atoms with Crippen molar-refractivity contribution in [2.75, 3.05) is 0 Å². The molecule has 1 heterocycles. The maximum atomic E-state index is 6.40. The molecule has 0 amide bonds. The van der Waals surface area contributed by atoms with Crippen LogP contribution in [0.1, 0.15) is 143 Å². The Morgan fingerprint density at radius 2 is 0.744 bits per heavy atom. The topological polar surface area (TPSA) is 18.5 Å². The van der Waals surface area contributed by atoms with Crippen LogP contribution in [0.3, 0.4) is 0 Å². The molecule has 0 aromatic heterocycles. The van der Waals surface area contributed by atoms with Gasteiger partial charge in [-0.25, -0.2) is 0 Å². The summed E-state index contributed by atoms with van der Waals surface area (Å²) in [6, 6.07) is 0. The highest BCUT2D eigenvalue weighted by atomic mass is 16.8. The Morgan fingerprint density at radius 1 is 0.436 bits per heavy atom. The molecule has 0 aliphatic carbocycles. The van der Waals surface area contributed by atoms with Crippen molar-refractivity contribution >= 4 is 0 Å². The lowest BCUT2D eigenvalue weighted by Gasteiger charge is -2.28. The lowest BCUT2D eigenvalue weighted by Crippen LogP contribution is -2.31. The molecule has 1 saturated heterocycles. The van der Waals surface area contributed by atoms with Gasteiger partial charge < -0.3 is 9.47 Å². The third kappa shape index (κ3) is 20.0. The fraction of sp³-hybridized carbons (Fsp3) is 0.676. The predicted octanol–water partition coefficient (Wildman–Crippen LogP) is 11.9. The zero-order chi connectivity index (χ0) is 28.3. The molecule has 222 valence electrons. The van der Waals surface area contributed by atoms with Gasteiger partial charge in [-0.2, -0.15) is 0 Å². The Labute approximate surface area is 243 Å². The molecule has 0 spiro atoms. The maximum absolute atomic E-state index is 6.40. The second-order valence-electron chi connectivity index (χ2n) is 11.1. The van der Waals surface area contributed by atoms with Crippen molar-refractivity contribution in [3.63, 3.8) is 0 Å². The lowest BCUT2D eigenvalue weighted by atomic mass is 10.00. The Balaban J connectivity index is 2.19. The first-order chi connectivity index (χ1) is 19.1. The highest BCUT2D eigenvalue weighted by molar-refractivity contribution is 4.98. The molecule has 0 bridgehead atoms. The Hall–Kier alpha value is -1.64. The molecule has 1 fully saturated rings. The summed E-state index contributed by atoms with van der Waals surface area (Å²) < 4.78 is 12.8. The number of ether oxygens (including phenoxy) is 2. The standard InChI is InChI=1S/C37H62O2/c1-5-7-9-11-13-15-17-19-21-23-25-27-29-31-33-37(38-35(3)36(4)39-37)34-32-30-28-26-24-22-20-18-16-14-12-10-8-6-2/h11-14,17-20,23-26,35-36H,5-10,15-16,21-22,27-34H2,1-4H3/b13-11-,14-12-,19-17-,20-18-,25-23-,26-24-. The largest absolute Gasteiger partial charge is 0.344 e. The van der Waals surface area contributed by atoms with Crippen LogP contribution in [0, 0.1) is 0 Å². The summed E-state index contributed by atoms with van der Waals surface area (Å²) >= 11 is 0. The Kier molecular flexibility index (Phi) is 23.0. The SMILES string of the molecule is CCCC/C=C\C/C=C\C/C=C\CCCCC1(CCCC/C=C\C/C=C\C/C=C\CCCC)OC(C)C(C)O1. The van der Waals surface area contributed by atoms with Crippen LogP contribution < -0.4 is 0 Å². The molecule has 1 aliphatic rings. The van der Waals surface area contributed by atoms with Crippen molar-refractivity contribution in [1.82, 2.24) is 0 Å². The van der Waals surface area contributed by atoms with Gasteiger partial charge >= 0.3 is 0 Å². The third-order valence-corrected chi connectivity index (χ3v) is 7.36. The average molecular weight is 539 g/mol. The van der Waals surface area contributed by atoms with Crippen LogP contribution in [-0.2, 0) is 9.47 Å². The van der Waals surface area contributed by atoms with E-state index in [-0.39, 0.29) is 18.0 Å². The number of rotatable bonds is 24. The Morgan fingerprint density at radius 3 is 1.08 bits per heavy atom. The van der Waals surface area contributed by atoms with Crippen LogP contribution in [0.25, 0.3) is 0 Å². The molecule has 0 N–H and O–H groups in total. The summed E-state index contributed by atoms with van der Waals surface area (Å²) in [5.41, 5.74) is 0. The second kappa shape index (κ2) is 25.3. The Bertz CT molecular complexity index is 662. The number of allylic oxidation sites excluding steroid dienone is 12. The van der Waals surface area contributed by atoms with Gasteiger partial charge in [0.2, 0.25) is 0 Å². The first-order valence-electron chi connectivity index (χ1n) is 16.4. The van der Waals surface area contributed by atoms with E-state index >= 15 is 0 Å². The van der Waals surface area contributed by atoms with Gasteiger partial charge in [0, 0.05) is 12.8 Å². The van der Waals surface area contributed by atoms with Crippen LogP contribution in [0.2, 0.25) is 0 Å². The van der Waals surface area contributed by atoms with Crippen molar-refractivity contribution in [3.8, 4) is 0 Å². The first kappa shape index (κ1) is 35.4. The summed E-state index contributed by atoms with van der Waals surface area (Å²) in [7, 11) is 0. The minimum Gasteiger partial charge on any atom is -0.344 e. The van der Waals surface area contributed by atoms with E-state index < -0.39 is 0 Å². The number of unbranched alkanes of at least 4 members (excludes halogenated alkanes) is 8. The van der Waals surface area contributed by atoms with Gasteiger partial charge in [0.05, 0.1) is 12.2 Å². The van der Waals surface area contributed by atoms with Gasteiger partial charge in [0.15, 0.2) is 5.79 Å². The van der Waals surface area contributed by atoms with E-state index in [0.717, 1.165) is 64.2 Å². The van der Waals surface area contributed by atoms with Crippen molar-refractivity contribution in [3.05, 3.63) is 72.9 Å². The molecule has 1 rings (SSSR count). The molecule has 1 aliphatic heterocycles. The molecule has 0 saturated carbocycles. The van der Waals surface area contributed by atoms with Gasteiger partial charge in [0.25, 0.3) is 0 Å². The fourth-order valence-electron chi connectivity index (χ4n) is 4.77. The normalized spacial score (nSPS) is 20.0. The lowest BCUT2D eigenvalue weighted by molar-refractivity contribution is -0.184. The van der Waals surface area contributed by atoms with Crippen molar-refractivity contribution in [2.45, 2.75) is 161 Å². The van der Waals surface area contributed by atoms with Gasteiger partial charge in [-0.05, 0) is 90.9 Å². The number of hydrogen-bond acceptors (Lipinski definition) is 2. The van der Waals surface area contributed by atoms with E-state index in [9.17, 15) is 0 Å². The van der Waals surface area contributed by atoms with E-state index in [1.807, 2.05) is 0 Å². The van der Waals surface area contributed by atoms with E-state index in [2.05, 4.69) is 101 Å². The third-order valence-electron chi connectivity index (χ3n) is 7.36. The van der Waals surface area contributed by atoms with Crippen LogP contribution >= 0.6 is 0 Å². The van der Waals surface area contributed by atoms with Crippen molar-refractivity contribution in [1.29, 1.82) is 0 Å². The van der Waals surface area contributed by atoms with E-state index in [4.69, 9.17) is 9.47 Å². The van der Waals surface area contributed by atoms with Crippen molar-refractivity contribution < 1.29 is 9.47 Å². The summed E-state index contributed by atoms with van der Waals surface area (Å²) in [4.78, 5) is 0. The molecule has 0 aromatic rings. The molecule has 2 heteroatoms. The molecule has 0 radical (unpaired) electrons. The molecule has 0 aromatic carbocycles. The summed E-state index contributed by atoms with van der Waals surface area (Å²) in [6.07, 6.45) is 48.7. The van der Waals surface area contributed by atoms with Crippen LogP contribution in [0.5, 0.6) is 0 Å². The zero-order valence-corrected chi connectivity index (χ0v) is 26.1. The van der Waals surface area contributed by atoms with Gasteiger partial charge in [-0.15, -0.1) is 0 Å². The van der Waals surface area contributed by atoms with E-state index in [0.29, 0.717) is 0 Å². The van der Waals surface area contributed by atoms with Crippen LogP contribution in [-0.4, -0.2) is 18.0 Å². The minimum absolute atomic E-state index is 0.186. The summed E-state index contributed by atoms with van der Waals surface area (Å²) in [5, 5.41) is 0. The average Bonchev–Trinajstić information content (AvgIpc) is 3.21. The van der Waals surface area contributed by atoms with Crippen molar-refractivity contribution in [2.24, 2.45) is 0 Å². The molecule has 2 unspecified atom stereocenters. The summed E-state index contributed by atoms with van der Waals surface area (Å²) in [6.45, 7) is 8.79. The quantitative estimate of drug-likeness (QED) is 0.0898. The van der Waals surface area contributed by atoms with E-state index in [1.165, 1.54) is 51.4 Å². The van der Waals surface area contributed by atoms with E-state index in [1.54, 1.807) is 0 Å². The molecular weight excluding hydrogens is 476 g/mol. The number of hydrogen-bond donors (Lipinski definition) is 0. The monoisotopic (exact) mass is 538 g/mol. The van der Waals surface area contributed by atoms with Crippen LogP contribution in [0.4, 0.5) is 0 Å². The maximum Gasteiger partial charge on any atom is 0.169 e. The first-order valence-corrected chi connectivity index (χ1v) is 16.4. The van der Waals surface area contributed by atoms with Gasteiger partial charge in [-0.3, -0.25) is 0 Å².